The van der Waals surface area contributed by atoms with Crippen molar-refractivity contribution in [3.05, 3.63) is 0 Å². The molecule has 2 atom stereocenters. The van der Waals surface area contributed by atoms with Gasteiger partial charge in [0.05, 0.1) is 17.8 Å². The van der Waals surface area contributed by atoms with Crippen molar-refractivity contribution < 1.29 is 14.9 Å². The Hall–Kier alpha value is -0.120. The van der Waals surface area contributed by atoms with Gasteiger partial charge in [0.2, 0.25) is 0 Å². The normalized spacial score (nSPS) is 33.8. The van der Waals surface area contributed by atoms with Crippen LogP contribution in [0.2, 0.25) is 0 Å². The summed E-state index contributed by atoms with van der Waals surface area (Å²) in [6.45, 7) is 3.96. The first-order valence-corrected chi connectivity index (χ1v) is 4.02. The summed E-state index contributed by atoms with van der Waals surface area (Å²) in [7, 11) is 0. The van der Waals surface area contributed by atoms with Gasteiger partial charge >= 0.3 is 0 Å². The third kappa shape index (κ3) is 2.43. The van der Waals surface area contributed by atoms with E-state index in [2.05, 4.69) is 0 Å². The van der Waals surface area contributed by atoms with Crippen molar-refractivity contribution in [2.45, 2.75) is 44.5 Å². The van der Waals surface area contributed by atoms with E-state index in [4.69, 9.17) is 4.74 Å². The molecule has 1 aliphatic heterocycles. The highest BCUT2D eigenvalue weighted by Gasteiger charge is 2.32. The van der Waals surface area contributed by atoms with E-state index in [1.165, 1.54) is 0 Å². The molecule has 0 aromatic rings. The fourth-order valence-corrected chi connectivity index (χ4v) is 1.27. The average molecular weight is 160 g/mol. The largest absolute Gasteiger partial charge is 0.393 e. The highest BCUT2D eigenvalue weighted by molar-refractivity contribution is 4.83. The molecular weight excluding hydrogens is 144 g/mol. The zero-order valence-corrected chi connectivity index (χ0v) is 7.08. The molecule has 0 amide bonds. The quantitative estimate of drug-likeness (QED) is 0.580. The second-order valence-corrected chi connectivity index (χ2v) is 3.69. The lowest BCUT2D eigenvalue weighted by molar-refractivity contribution is -0.133. The number of hydrogen-bond donors (Lipinski definition) is 2. The van der Waals surface area contributed by atoms with Gasteiger partial charge in [0.15, 0.2) is 0 Å². The highest BCUT2D eigenvalue weighted by Crippen LogP contribution is 2.22. The molecule has 1 fully saturated rings. The first kappa shape index (κ1) is 8.97. The molecule has 1 aliphatic rings. The van der Waals surface area contributed by atoms with Crippen LogP contribution in [0, 0.1) is 0 Å². The van der Waals surface area contributed by atoms with Gasteiger partial charge in [0, 0.05) is 13.0 Å². The van der Waals surface area contributed by atoms with Gasteiger partial charge in [0.25, 0.3) is 0 Å². The summed E-state index contributed by atoms with van der Waals surface area (Å²) in [6.07, 6.45) is 0.710. The summed E-state index contributed by atoms with van der Waals surface area (Å²) < 4.78 is 5.30. The van der Waals surface area contributed by atoms with Crippen LogP contribution in [0.15, 0.2) is 0 Å². The second-order valence-electron chi connectivity index (χ2n) is 3.69. The molecule has 11 heavy (non-hydrogen) atoms. The predicted octanol–water partition coefficient (Wildman–Crippen LogP) is 0.297. The van der Waals surface area contributed by atoms with Gasteiger partial charge in [-0.05, 0) is 20.3 Å². The van der Waals surface area contributed by atoms with Crippen molar-refractivity contribution in [3.63, 3.8) is 0 Å². The fourth-order valence-electron chi connectivity index (χ4n) is 1.27. The molecule has 3 nitrogen and oxygen atoms in total. The van der Waals surface area contributed by atoms with Crippen LogP contribution >= 0.6 is 0 Å². The van der Waals surface area contributed by atoms with Crippen LogP contribution in [0.1, 0.15) is 26.7 Å². The standard InChI is InChI=1S/C8H16O3/c1-8(2,10)7-5-6(9)3-4-11-7/h6-7,9-10H,3-5H2,1-2H3. The lowest BCUT2D eigenvalue weighted by atomic mass is 9.93. The molecule has 1 saturated heterocycles. The zero-order chi connectivity index (χ0) is 8.48. The minimum atomic E-state index is -0.832. The van der Waals surface area contributed by atoms with Crippen LogP contribution in [-0.4, -0.2) is 34.6 Å². The number of aliphatic hydroxyl groups excluding tert-OH is 1. The smallest absolute Gasteiger partial charge is 0.0881 e. The Bertz CT molecular complexity index is 128. The molecule has 0 aromatic heterocycles. The van der Waals surface area contributed by atoms with E-state index in [-0.39, 0.29) is 12.2 Å². The Morgan fingerprint density at radius 2 is 2.09 bits per heavy atom. The number of ether oxygens (including phenoxy) is 1. The van der Waals surface area contributed by atoms with Crippen LogP contribution < -0.4 is 0 Å². The van der Waals surface area contributed by atoms with E-state index in [1.54, 1.807) is 13.8 Å². The molecule has 66 valence electrons. The Labute approximate surface area is 67.0 Å². The van der Waals surface area contributed by atoms with Gasteiger partial charge in [-0.3, -0.25) is 0 Å². The van der Waals surface area contributed by atoms with E-state index >= 15 is 0 Å². The molecule has 2 N–H and O–H groups in total. The maximum absolute atomic E-state index is 9.52. The number of aliphatic hydroxyl groups is 2. The van der Waals surface area contributed by atoms with Crippen molar-refractivity contribution in [1.82, 2.24) is 0 Å². The van der Waals surface area contributed by atoms with Crippen LogP contribution in [-0.2, 0) is 4.74 Å². The van der Waals surface area contributed by atoms with E-state index in [0.29, 0.717) is 19.4 Å². The van der Waals surface area contributed by atoms with E-state index < -0.39 is 5.60 Å². The lowest BCUT2D eigenvalue weighted by Crippen LogP contribution is -2.43. The van der Waals surface area contributed by atoms with E-state index in [0.717, 1.165) is 0 Å². The van der Waals surface area contributed by atoms with Gasteiger partial charge in [-0.15, -0.1) is 0 Å². The Balaban J connectivity index is 2.46. The minimum Gasteiger partial charge on any atom is -0.393 e. The number of hydrogen-bond acceptors (Lipinski definition) is 3. The maximum atomic E-state index is 9.52. The molecule has 1 heterocycles. The van der Waals surface area contributed by atoms with Gasteiger partial charge in [-0.1, -0.05) is 0 Å². The van der Waals surface area contributed by atoms with Crippen molar-refractivity contribution >= 4 is 0 Å². The monoisotopic (exact) mass is 160 g/mol. The van der Waals surface area contributed by atoms with Crippen molar-refractivity contribution in [1.29, 1.82) is 0 Å². The first-order valence-electron chi connectivity index (χ1n) is 4.02. The van der Waals surface area contributed by atoms with Crippen LogP contribution in [0.4, 0.5) is 0 Å². The molecule has 0 bridgehead atoms. The van der Waals surface area contributed by atoms with Crippen LogP contribution in [0.3, 0.4) is 0 Å². The Morgan fingerprint density at radius 3 is 2.45 bits per heavy atom. The lowest BCUT2D eigenvalue weighted by Gasteiger charge is -2.34. The minimum absolute atomic E-state index is 0.216. The molecule has 2 unspecified atom stereocenters. The number of rotatable bonds is 1. The zero-order valence-electron chi connectivity index (χ0n) is 7.08. The van der Waals surface area contributed by atoms with Crippen molar-refractivity contribution in [2.24, 2.45) is 0 Å². The van der Waals surface area contributed by atoms with Gasteiger partial charge in [-0.2, -0.15) is 0 Å². The Morgan fingerprint density at radius 1 is 1.45 bits per heavy atom. The summed E-state index contributed by atoms with van der Waals surface area (Å²) in [5.41, 5.74) is -0.832. The van der Waals surface area contributed by atoms with Gasteiger partial charge in [-0.25, -0.2) is 0 Å². The molecule has 0 radical (unpaired) electrons. The second kappa shape index (κ2) is 3.09. The first-order chi connectivity index (χ1) is 5.00. The molecule has 1 rings (SSSR count). The maximum Gasteiger partial charge on any atom is 0.0881 e. The molecular formula is C8H16O3. The average Bonchev–Trinajstić information content (AvgIpc) is 1.86. The SMILES string of the molecule is CC(C)(O)C1CC(O)CCO1. The summed E-state index contributed by atoms with van der Waals surface area (Å²) in [6, 6.07) is 0. The highest BCUT2D eigenvalue weighted by atomic mass is 16.5. The van der Waals surface area contributed by atoms with E-state index in [9.17, 15) is 10.2 Å². The predicted molar refractivity (Wildman–Crippen MR) is 41.3 cm³/mol. The van der Waals surface area contributed by atoms with E-state index in [1.807, 2.05) is 0 Å². The molecule has 0 saturated carbocycles. The van der Waals surface area contributed by atoms with Crippen LogP contribution in [0.25, 0.3) is 0 Å². The fraction of sp³-hybridized carbons (Fsp3) is 1.00. The summed E-state index contributed by atoms with van der Waals surface area (Å²) >= 11 is 0. The molecule has 0 spiro atoms. The van der Waals surface area contributed by atoms with Crippen molar-refractivity contribution in [2.75, 3.05) is 6.61 Å². The summed E-state index contributed by atoms with van der Waals surface area (Å²) in [4.78, 5) is 0. The Kier molecular flexibility index (Phi) is 2.52. The van der Waals surface area contributed by atoms with Crippen molar-refractivity contribution in [3.8, 4) is 0 Å². The topological polar surface area (TPSA) is 49.7 Å². The third-order valence-corrected chi connectivity index (χ3v) is 2.04. The van der Waals surface area contributed by atoms with Gasteiger partial charge < -0.3 is 14.9 Å². The summed E-state index contributed by atoms with van der Waals surface area (Å²) in [5, 5.41) is 18.8. The van der Waals surface area contributed by atoms with Gasteiger partial charge in [0.1, 0.15) is 0 Å². The summed E-state index contributed by atoms with van der Waals surface area (Å²) in [5.74, 6) is 0. The third-order valence-electron chi connectivity index (χ3n) is 2.04. The molecule has 0 aromatic carbocycles. The van der Waals surface area contributed by atoms with Crippen LogP contribution in [0.5, 0.6) is 0 Å². The molecule has 0 aliphatic carbocycles. The molecule has 3 heteroatoms.